The number of nitrogen functional groups attached to an aromatic ring is 1. The van der Waals surface area contributed by atoms with Crippen LogP contribution < -0.4 is 15.4 Å². The summed E-state index contributed by atoms with van der Waals surface area (Å²) in [6.45, 7) is 1.83. The summed E-state index contributed by atoms with van der Waals surface area (Å²) in [5, 5.41) is 10.3. The van der Waals surface area contributed by atoms with Crippen molar-refractivity contribution in [2.24, 2.45) is 7.05 Å². The molecule has 29 heavy (non-hydrogen) atoms. The van der Waals surface area contributed by atoms with Crippen LogP contribution in [-0.4, -0.2) is 49.6 Å². The van der Waals surface area contributed by atoms with Gasteiger partial charge < -0.3 is 15.4 Å². The summed E-state index contributed by atoms with van der Waals surface area (Å²) < 4.78 is 8.84. The van der Waals surface area contributed by atoms with Crippen molar-refractivity contribution >= 4 is 39.8 Å². The van der Waals surface area contributed by atoms with E-state index in [0.29, 0.717) is 21.9 Å². The average Bonchev–Trinajstić information content (AvgIpc) is 3.36. The first-order valence-electron chi connectivity index (χ1n) is 9.46. The standard InChI is InChI=1S/C19H21ClN8O/c1-26-10-13(8-22-26)27-5-3-4-11(9-27)17-24-18-14-6-12(20)7-15(29-2)16(14)23-19(21)28(18)25-17/h6-8,10-11H,3-5,9H2,1-2H3,(H2,21,23)/t11-/m0/s1. The molecule has 1 fully saturated rings. The van der Waals surface area contributed by atoms with Crippen molar-refractivity contribution in [1.82, 2.24) is 29.4 Å². The van der Waals surface area contributed by atoms with Gasteiger partial charge in [-0.05, 0) is 18.9 Å². The Morgan fingerprint density at radius 3 is 2.90 bits per heavy atom. The maximum absolute atomic E-state index is 6.28. The summed E-state index contributed by atoms with van der Waals surface area (Å²) in [5.74, 6) is 1.79. The molecule has 9 nitrogen and oxygen atoms in total. The van der Waals surface area contributed by atoms with Gasteiger partial charge in [0.15, 0.2) is 11.5 Å². The Hall–Kier alpha value is -3.07. The molecule has 2 N–H and O–H groups in total. The van der Waals surface area contributed by atoms with Gasteiger partial charge >= 0.3 is 0 Å². The topological polar surface area (TPSA) is 99.4 Å². The van der Waals surface area contributed by atoms with E-state index in [0.717, 1.165) is 42.8 Å². The molecule has 0 amide bonds. The quantitative estimate of drug-likeness (QED) is 0.552. The van der Waals surface area contributed by atoms with Crippen LogP contribution in [0.2, 0.25) is 5.02 Å². The number of ether oxygens (including phenoxy) is 1. The number of hydrogen-bond donors (Lipinski definition) is 1. The Balaban J connectivity index is 1.58. The number of piperidine rings is 1. The van der Waals surface area contributed by atoms with Crippen molar-refractivity contribution in [3.8, 4) is 5.75 Å². The summed E-state index contributed by atoms with van der Waals surface area (Å²) in [6, 6.07) is 3.54. The number of rotatable bonds is 3. The van der Waals surface area contributed by atoms with E-state index in [1.54, 1.807) is 17.7 Å². The highest BCUT2D eigenvalue weighted by Gasteiger charge is 2.27. The number of methoxy groups -OCH3 is 1. The number of hydrogen-bond acceptors (Lipinski definition) is 7. The summed E-state index contributed by atoms with van der Waals surface area (Å²) >= 11 is 6.28. The Morgan fingerprint density at radius 2 is 2.14 bits per heavy atom. The molecule has 0 saturated carbocycles. The molecule has 150 valence electrons. The van der Waals surface area contributed by atoms with Crippen LogP contribution in [0.3, 0.4) is 0 Å². The number of benzene rings is 1. The van der Waals surface area contributed by atoms with Gasteiger partial charge in [-0.15, -0.1) is 5.10 Å². The summed E-state index contributed by atoms with van der Waals surface area (Å²) in [4.78, 5) is 11.6. The SMILES string of the molecule is COc1cc(Cl)cc2c1nc(N)n1nc([C@H]3CCCN(c4cnn(C)c4)C3)nc21. The number of fused-ring (bicyclic) bond motifs is 3. The van der Waals surface area contributed by atoms with E-state index in [1.807, 2.05) is 30.2 Å². The number of aromatic nitrogens is 6. The predicted octanol–water partition coefficient (Wildman–Crippen LogP) is 2.64. The predicted molar refractivity (Wildman–Crippen MR) is 112 cm³/mol. The minimum atomic E-state index is 0.194. The number of aryl methyl sites for hydroxylation is 1. The fourth-order valence-electron chi connectivity index (χ4n) is 4.01. The van der Waals surface area contributed by atoms with Crippen LogP contribution in [0.5, 0.6) is 5.75 Å². The third kappa shape index (κ3) is 3.02. The number of halogens is 1. The molecule has 4 aromatic rings. The molecular weight excluding hydrogens is 392 g/mol. The Kier molecular flexibility index (Phi) is 4.20. The Morgan fingerprint density at radius 1 is 1.28 bits per heavy atom. The summed E-state index contributed by atoms with van der Waals surface area (Å²) in [6.07, 6.45) is 6.00. The van der Waals surface area contributed by atoms with E-state index in [1.165, 1.54) is 0 Å². The van der Waals surface area contributed by atoms with E-state index in [9.17, 15) is 0 Å². The molecular formula is C19H21ClN8O. The molecule has 0 radical (unpaired) electrons. The van der Waals surface area contributed by atoms with Gasteiger partial charge in [0, 0.05) is 43.3 Å². The number of anilines is 2. The minimum absolute atomic E-state index is 0.194. The second-order valence-corrected chi connectivity index (χ2v) is 7.77. The van der Waals surface area contributed by atoms with E-state index < -0.39 is 0 Å². The second-order valence-electron chi connectivity index (χ2n) is 7.34. The van der Waals surface area contributed by atoms with Crippen LogP contribution in [0.25, 0.3) is 16.6 Å². The van der Waals surface area contributed by atoms with Gasteiger partial charge in [-0.2, -0.15) is 9.61 Å². The molecule has 1 aromatic carbocycles. The first-order chi connectivity index (χ1) is 14.0. The third-order valence-corrected chi connectivity index (χ3v) is 5.63. The van der Waals surface area contributed by atoms with Crippen LogP contribution in [0.1, 0.15) is 24.6 Å². The fraction of sp³-hybridized carbons (Fsp3) is 0.368. The van der Waals surface area contributed by atoms with Crippen molar-refractivity contribution < 1.29 is 4.74 Å². The lowest BCUT2D eigenvalue weighted by Crippen LogP contribution is -2.34. The third-order valence-electron chi connectivity index (χ3n) is 5.41. The highest BCUT2D eigenvalue weighted by Crippen LogP contribution is 2.33. The number of nitrogens with zero attached hydrogens (tertiary/aromatic N) is 7. The van der Waals surface area contributed by atoms with Crippen LogP contribution in [0.4, 0.5) is 11.6 Å². The van der Waals surface area contributed by atoms with Gasteiger partial charge in [0.2, 0.25) is 5.95 Å². The van der Waals surface area contributed by atoms with Gasteiger partial charge in [0.1, 0.15) is 11.3 Å². The largest absolute Gasteiger partial charge is 0.494 e. The minimum Gasteiger partial charge on any atom is -0.494 e. The van der Waals surface area contributed by atoms with Crippen LogP contribution in [0, 0.1) is 0 Å². The molecule has 0 unspecified atom stereocenters. The molecule has 0 bridgehead atoms. The zero-order valence-corrected chi connectivity index (χ0v) is 17.0. The van der Waals surface area contributed by atoms with E-state index in [4.69, 9.17) is 32.2 Å². The molecule has 10 heteroatoms. The second kappa shape index (κ2) is 6.77. The van der Waals surface area contributed by atoms with E-state index in [-0.39, 0.29) is 11.9 Å². The highest BCUT2D eigenvalue weighted by molar-refractivity contribution is 6.31. The molecule has 1 aliphatic heterocycles. The van der Waals surface area contributed by atoms with Crippen LogP contribution >= 0.6 is 11.6 Å². The molecule has 5 rings (SSSR count). The maximum Gasteiger partial charge on any atom is 0.223 e. The van der Waals surface area contributed by atoms with Crippen molar-refractivity contribution in [1.29, 1.82) is 0 Å². The zero-order chi connectivity index (χ0) is 20.1. The monoisotopic (exact) mass is 412 g/mol. The van der Waals surface area contributed by atoms with Crippen molar-refractivity contribution in [2.45, 2.75) is 18.8 Å². The zero-order valence-electron chi connectivity index (χ0n) is 16.2. The van der Waals surface area contributed by atoms with Crippen molar-refractivity contribution in [2.75, 3.05) is 30.8 Å². The molecule has 1 atom stereocenters. The van der Waals surface area contributed by atoms with E-state index >= 15 is 0 Å². The van der Waals surface area contributed by atoms with Gasteiger partial charge in [-0.25, -0.2) is 9.97 Å². The lowest BCUT2D eigenvalue weighted by Gasteiger charge is -2.32. The average molecular weight is 413 g/mol. The smallest absolute Gasteiger partial charge is 0.223 e. The maximum atomic E-state index is 6.28. The Labute approximate surface area is 172 Å². The van der Waals surface area contributed by atoms with Gasteiger partial charge in [0.25, 0.3) is 0 Å². The molecule has 0 spiro atoms. The summed E-state index contributed by atoms with van der Waals surface area (Å²) in [7, 11) is 3.51. The molecule has 1 saturated heterocycles. The first kappa shape index (κ1) is 18.0. The van der Waals surface area contributed by atoms with E-state index in [2.05, 4.69) is 15.0 Å². The number of nitrogens with two attached hydrogens (primary N) is 1. The molecule has 3 aromatic heterocycles. The lowest BCUT2D eigenvalue weighted by molar-refractivity contribution is 0.419. The lowest BCUT2D eigenvalue weighted by atomic mass is 9.97. The molecule has 0 aliphatic carbocycles. The fourth-order valence-corrected chi connectivity index (χ4v) is 4.21. The Bertz CT molecular complexity index is 1220. The van der Waals surface area contributed by atoms with Gasteiger partial charge in [-0.3, -0.25) is 4.68 Å². The highest BCUT2D eigenvalue weighted by atomic mass is 35.5. The van der Waals surface area contributed by atoms with Crippen LogP contribution in [-0.2, 0) is 7.05 Å². The van der Waals surface area contributed by atoms with Gasteiger partial charge in [-0.1, -0.05) is 11.6 Å². The van der Waals surface area contributed by atoms with Crippen molar-refractivity contribution in [3.63, 3.8) is 0 Å². The summed E-state index contributed by atoms with van der Waals surface area (Å²) in [5.41, 5.74) is 8.57. The molecule has 1 aliphatic rings. The van der Waals surface area contributed by atoms with Gasteiger partial charge in [0.05, 0.1) is 24.4 Å². The van der Waals surface area contributed by atoms with Crippen molar-refractivity contribution in [3.05, 3.63) is 35.4 Å². The van der Waals surface area contributed by atoms with Crippen LogP contribution in [0.15, 0.2) is 24.5 Å². The normalized spacial score (nSPS) is 17.3. The first-order valence-corrected chi connectivity index (χ1v) is 9.84. The molecule has 4 heterocycles.